The van der Waals surface area contributed by atoms with Gasteiger partial charge in [0.15, 0.2) is 0 Å². The number of para-hydroxylation sites is 2. The SMILES string of the molecule is CC(C)CCB1Oc2ccccc2O1. The maximum Gasteiger partial charge on any atom is 0.594 e. The van der Waals surface area contributed by atoms with Gasteiger partial charge in [0, 0.05) is 6.32 Å². The Hall–Kier alpha value is -1.12. The van der Waals surface area contributed by atoms with Gasteiger partial charge in [0.05, 0.1) is 0 Å². The summed E-state index contributed by atoms with van der Waals surface area (Å²) < 4.78 is 11.3. The summed E-state index contributed by atoms with van der Waals surface area (Å²) in [5.74, 6) is 2.45. The highest BCUT2D eigenvalue weighted by Gasteiger charge is 2.30. The van der Waals surface area contributed by atoms with E-state index < -0.39 is 0 Å². The van der Waals surface area contributed by atoms with Crippen molar-refractivity contribution in [1.29, 1.82) is 0 Å². The second kappa shape index (κ2) is 3.95. The summed E-state index contributed by atoms with van der Waals surface area (Å²) in [4.78, 5) is 0. The summed E-state index contributed by atoms with van der Waals surface area (Å²) >= 11 is 0. The van der Waals surface area contributed by atoms with Gasteiger partial charge < -0.3 is 9.31 Å². The van der Waals surface area contributed by atoms with E-state index in [1.807, 2.05) is 24.3 Å². The van der Waals surface area contributed by atoms with Crippen molar-refractivity contribution in [2.75, 3.05) is 0 Å². The van der Waals surface area contributed by atoms with Crippen LogP contribution in [0.1, 0.15) is 20.3 Å². The van der Waals surface area contributed by atoms with E-state index in [4.69, 9.17) is 9.31 Å². The lowest BCUT2D eigenvalue weighted by Crippen LogP contribution is -2.24. The van der Waals surface area contributed by atoms with Crippen LogP contribution < -0.4 is 9.31 Å². The molecule has 0 unspecified atom stereocenters. The number of rotatable bonds is 3. The topological polar surface area (TPSA) is 18.5 Å². The van der Waals surface area contributed by atoms with Crippen LogP contribution in [0.4, 0.5) is 0 Å². The Balaban J connectivity index is 1.92. The highest BCUT2D eigenvalue weighted by molar-refractivity contribution is 6.47. The van der Waals surface area contributed by atoms with Crippen molar-refractivity contribution in [3.05, 3.63) is 24.3 Å². The molecule has 1 aliphatic heterocycles. The molecule has 0 aromatic heterocycles. The van der Waals surface area contributed by atoms with Crippen LogP contribution >= 0.6 is 0 Å². The number of hydrogen-bond donors (Lipinski definition) is 0. The molecule has 3 heteroatoms. The normalized spacial score (nSPS) is 13.8. The van der Waals surface area contributed by atoms with Gasteiger partial charge in [-0.1, -0.05) is 26.0 Å². The standard InChI is InChI=1S/C11H15BO2/c1-9(2)7-8-12-13-10-5-3-4-6-11(10)14-12/h3-6,9H,7-8H2,1-2H3. The molecule has 14 heavy (non-hydrogen) atoms. The summed E-state index contributed by atoms with van der Waals surface area (Å²) in [5, 5.41) is 0. The van der Waals surface area contributed by atoms with Gasteiger partial charge in [-0.25, -0.2) is 0 Å². The fourth-order valence-electron chi connectivity index (χ4n) is 1.54. The molecule has 0 fully saturated rings. The van der Waals surface area contributed by atoms with Gasteiger partial charge >= 0.3 is 7.12 Å². The largest absolute Gasteiger partial charge is 0.594 e. The third-order valence-corrected chi connectivity index (χ3v) is 2.35. The molecule has 0 saturated heterocycles. The van der Waals surface area contributed by atoms with Crippen LogP contribution in [0.25, 0.3) is 0 Å². The van der Waals surface area contributed by atoms with Crippen LogP contribution in [0.5, 0.6) is 11.5 Å². The van der Waals surface area contributed by atoms with Crippen molar-refractivity contribution in [3.63, 3.8) is 0 Å². The monoisotopic (exact) mass is 190 g/mol. The minimum absolute atomic E-state index is 0.0743. The minimum Gasteiger partial charge on any atom is -0.523 e. The van der Waals surface area contributed by atoms with Gasteiger partial charge in [-0.05, 0) is 24.5 Å². The van der Waals surface area contributed by atoms with Crippen molar-refractivity contribution < 1.29 is 9.31 Å². The van der Waals surface area contributed by atoms with Gasteiger partial charge in [0.25, 0.3) is 0 Å². The zero-order valence-electron chi connectivity index (χ0n) is 8.69. The average Bonchev–Trinajstić information content (AvgIpc) is 2.57. The van der Waals surface area contributed by atoms with Gasteiger partial charge in [0.2, 0.25) is 0 Å². The number of hydrogen-bond acceptors (Lipinski definition) is 2. The second-order valence-electron chi connectivity index (χ2n) is 4.08. The molecule has 1 heterocycles. The molecule has 0 radical (unpaired) electrons. The maximum absolute atomic E-state index is 5.64. The molecule has 0 bridgehead atoms. The van der Waals surface area contributed by atoms with Crippen LogP contribution in [0.2, 0.25) is 6.32 Å². The fourth-order valence-corrected chi connectivity index (χ4v) is 1.54. The van der Waals surface area contributed by atoms with Crippen molar-refractivity contribution in [2.45, 2.75) is 26.6 Å². The van der Waals surface area contributed by atoms with E-state index in [1.165, 1.54) is 0 Å². The maximum atomic E-state index is 5.64. The van der Waals surface area contributed by atoms with Crippen LogP contribution in [-0.2, 0) is 0 Å². The molecule has 2 rings (SSSR count). The number of benzene rings is 1. The first kappa shape index (κ1) is 9.44. The molecular weight excluding hydrogens is 175 g/mol. The molecule has 0 spiro atoms. The third kappa shape index (κ3) is 2.03. The molecule has 1 aliphatic rings. The predicted molar refractivity (Wildman–Crippen MR) is 57.7 cm³/mol. The molecule has 2 nitrogen and oxygen atoms in total. The zero-order chi connectivity index (χ0) is 9.97. The van der Waals surface area contributed by atoms with Gasteiger partial charge in [-0.3, -0.25) is 0 Å². The van der Waals surface area contributed by atoms with E-state index in [9.17, 15) is 0 Å². The van der Waals surface area contributed by atoms with Crippen LogP contribution in [0, 0.1) is 5.92 Å². The lowest BCUT2D eigenvalue weighted by molar-refractivity contribution is 0.479. The van der Waals surface area contributed by atoms with E-state index in [1.54, 1.807) is 0 Å². The zero-order valence-corrected chi connectivity index (χ0v) is 8.69. The Kier molecular flexibility index (Phi) is 2.66. The fraction of sp³-hybridized carbons (Fsp3) is 0.455. The van der Waals surface area contributed by atoms with Crippen molar-refractivity contribution in [1.82, 2.24) is 0 Å². The van der Waals surface area contributed by atoms with Crippen LogP contribution in [0.15, 0.2) is 24.3 Å². The predicted octanol–water partition coefficient (Wildman–Crippen LogP) is 2.99. The van der Waals surface area contributed by atoms with E-state index in [0.717, 1.165) is 24.2 Å². The molecule has 0 N–H and O–H groups in total. The molecule has 74 valence electrons. The van der Waals surface area contributed by atoms with E-state index in [-0.39, 0.29) is 7.12 Å². The highest BCUT2D eigenvalue weighted by Crippen LogP contribution is 2.33. The van der Waals surface area contributed by atoms with Gasteiger partial charge in [-0.15, -0.1) is 0 Å². The van der Waals surface area contributed by atoms with Gasteiger partial charge in [0.1, 0.15) is 11.5 Å². The first-order valence-electron chi connectivity index (χ1n) is 5.18. The van der Waals surface area contributed by atoms with E-state index in [2.05, 4.69) is 13.8 Å². The quantitative estimate of drug-likeness (QED) is 0.682. The molecule has 0 saturated carbocycles. The molecule has 0 amide bonds. The Labute approximate surface area is 85.4 Å². The van der Waals surface area contributed by atoms with Crippen LogP contribution in [0.3, 0.4) is 0 Å². The first-order valence-corrected chi connectivity index (χ1v) is 5.18. The average molecular weight is 190 g/mol. The van der Waals surface area contributed by atoms with E-state index >= 15 is 0 Å². The first-order chi connectivity index (χ1) is 6.75. The molecular formula is C11H15BO2. The Bertz CT molecular complexity index is 287. The van der Waals surface area contributed by atoms with E-state index in [0.29, 0.717) is 5.92 Å². The Morgan fingerprint density at radius 3 is 2.21 bits per heavy atom. The lowest BCUT2D eigenvalue weighted by Gasteiger charge is -2.06. The summed E-state index contributed by atoms with van der Waals surface area (Å²) in [5.41, 5.74) is 0. The number of fused-ring (bicyclic) bond motifs is 1. The summed E-state index contributed by atoms with van der Waals surface area (Å²) in [6.45, 7) is 4.42. The Morgan fingerprint density at radius 2 is 1.71 bits per heavy atom. The minimum atomic E-state index is -0.0743. The lowest BCUT2D eigenvalue weighted by atomic mass is 9.81. The van der Waals surface area contributed by atoms with Gasteiger partial charge in [-0.2, -0.15) is 0 Å². The third-order valence-electron chi connectivity index (χ3n) is 2.35. The molecule has 0 atom stereocenters. The second-order valence-corrected chi connectivity index (χ2v) is 4.08. The van der Waals surface area contributed by atoms with Crippen molar-refractivity contribution in [2.24, 2.45) is 5.92 Å². The molecule has 0 aliphatic carbocycles. The summed E-state index contributed by atoms with van der Waals surface area (Å²) in [6.07, 6.45) is 2.10. The van der Waals surface area contributed by atoms with Crippen LogP contribution in [-0.4, -0.2) is 7.12 Å². The smallest absolute Gasteiger partial charge is 0.523 e. The molecule has 1 aromatic rings. The summed E-state index contributed by atoms with van der Waals surface area (Å²) in [7, 11) is -0.0743. The van der Waals surface area contributed by atoms with Crippen molar-refractivity contribution >= 4 is 7.12 Å². The molecule has 1 aromatic carbocycles. The Morgan fingerprint density at radius 1 is 1.14 bits per heavy atom. The van der Waals surface area contributed by atoms with Crippen molar-refractivity contribution in [3.8, 4) is 11.5 Å². The summed E-state index contributed by atoms with van der Waals surface area (Å²) in [6, 6.07) is 7.83. The highest BCUT2D eigenvalue weighted by atomic mass is 16.6.